The summed E-state index contributed by atoms with van der Waals surface area (Å²) in [6.45, 7) is 9.42. The van der Waals surface area contributed by atoms with Crippen LogP contribution in [0.2, 0.25) is 0 Å². The summed E-state index contributed by atoms with van der Waals surface area (Å²) in [4.78, 5) is 22.2. The monoisotopic (exact) mass is 459 g/mol. The molecule has 1 saturated heterocycles. The number of aromatic nitrogens is 3. The highest BCUT2D eigenvalue weighted by Gasteiger charge is 2.23. The van der Waals surface area contributed by atoms with Crippen molar-refractivity contribution in [3.63, 3.8) is 0 Å². The van der Waals surface area contributed by atoms with Crippen LogP contribution in [0, 0.1) is 20.8 Å². The van der Waals surface area contributed by atoms with Crippen molar-refractivity contribution in [1.82, 2.24) is 19.7 Å². The first-order chi connectivity index (χ1) is 16.0. The number of carbonyl (C=O) groups excluding carboxylic acids is 1. The third kappa shape index (κ3) is 4.50. The highest BCUT2D eigenvalue weighted by Crippen LogP contribution is 2.33. The summed E-state index contributed by atoms with van der Waals surface area (Å²) in [7, 11) is 0. The van der Waals surface area contributed by atoms with Gasteiger partial charge < -0.3 is 9.80 Å². The lowest BCUT2D eigenvalue weighted by Crippen LogP contribution is -2.36. The van der Waals surface area contributed by atoms with Gasteiger partial charge in [0, 0.05) is 26.2 Å². The van der Waals surface area contributed by atoms with Crippen LogP contribution in [0.4, 0.5) is 5.13 Å². The molecule has 0 bridgehead atoms. The zero-order valence-electron chi connectivity index (χ0n) is 19.4. The van der Waals surface area contributed by atoms with Gasteiger partial charge in [0.05, 0.1) is 22.5 Å². The molecule has 1 amide bonds. The molecule has 1 aliphatic rings. The highest BCUT2D eigenvalue weighted by atomic mass is 32.1. The minimum absolute atomic E-state index is 0.205. The highest BCUT2D eigenvalue weighted by molar-refractivity contribution is 7.22. The van der Waals surface area contributed by atoms with Gasteiger partial charge in [0.1, 0.15) is 0 Å². The number of benzene rings is 2. The smallest absolute Gasteiger partial charge is 0.227 e. The molecule has 0 radical (unpaired) electrons. The fraction of sp³-hybridized carbons (Fsp3) is 0.346. The average molecular weight is 460 g/mol. The molecular weight excluding hydrogens is 430 g/mol. The Labute approximate surface area is 198 Å². The molecule has 1 aliphatic heterocycles. The van der Waals surface area contributed by atoms with Crippen LogP contribution in [0.25, 0.3) is 16.0 Å². The van der Waals surface area contributed by atoms with Crippen molar-refractivity contribution in [3.8, 4) is 5.69 Å². The quantitative estimate of drug-likeness (QED) is 0.444. The summed E-state index contributed by atoms with van der Waals surface area (Å²) < 4.78 is 3.08. The lowest BCUT2D eigenvalue weighted by molar-refractivity contribution is -0.130. The van der Waals surface area contributed by atoms with Crippen LogP contribution in [0.1, 0.15) is 28.8 Å². The number of hydrogen-bond acceptors (Lipinski definition) is 5. The molecule has 2 aromatic carbocycles. The van der Waals surface area contributed by atoms with Crippen molar-refractivity contribution in [3.05, 3.63) is 70.9 Å². The van der Waals surface area contributed by atoms with Crippen LogP contribution in [-0.4, -0.2) is 51.8 Å². The fourth-order valence-corrected chi connectivity index (χ4v) is 5.39. The van der Waals surface area contributed by atoms with Crippen molar-refractivity contribution in [1.29, 1.82) is 0 Å². The SMILES string of the molecule is Cc1ccc(CC(=O)N2CCCN(c3nc4c(s3)c(C)nn4-c3cccc(C)c3)CC2)cc1. The fourth-order valence-electron chi connectivity index (χ4n) is 4.35. The molecule has 0 unspecified atom stereocenters. The molecule has 4 aromatic rings. The lowest BCUT2D eigenvalue weighted by Gasteiger charge is -2.22. The van der Waals surface area contributed by atoms with Crippen LogP contribution in [0.15, 0.2) is 48.5 Å². The van der Waals surface area contributed by atoms with E-state index >= 15 is 0 Å². The van der Waals surface area contributed by atoms with Crippen molar-refractivity contribution in [2.24, 2.45) is 0 Å². The Morgan fingerprint density at radius 1 is 0.970 bits per heavy atom. The first-order valence-corrected chi connectivity index (χ1v) is 12.3. The van der Waals surface area contributed by atoms with E-state index in [0.29, 0.717) is 6.42 Å². The van der Waals surface area contributed by atoms with Crippen molar-refractivity contribution >= 4 is 32.7 Å². The van der Waals surface area contributed by atoms with Crippen molar-refractivity contribution in [2.45, 2.75) is 33.6 Å². The van der Waals surface area contributed by atoms with Gasteiger partial charge in [-0.3, -0.25) is 4.79 Å². The summed E-state index contributed by atoms with van der Waals surface area (Å²) >= 11 is 1.70. The predicted octanol–water partition coefficient (Wildman–Crippen LogP) is 4.69. The van der Waals surface area contributed by atoms with Gasteiger partial charge in [-0.25, -0.2) is 4.68 Å². The van der Waals surface area contributed by atoms with Crippen LogP contribution < -0.4 is 4.90 Å². The number of carbonyl (C=O) groups is 1. The van der Waals surface area contributed by atoms with E-state index in [1.165, 1.54) is 11.1 Å². The molecule has 1 fully saturated rings. The number of aryl methyl sites for hydroxylation is 3. The van der Waals surface area contributed by atoms with E-state index in [0.717, 1.165) is 65.0 Å². The number of fused-ring (bicyclic) bond motifs is 1. The number of rotatable bonds is 4. The zero-order valence-corrected chi connectivity index (χ0v) is 20.2. The molecule has 2 aromatic heterocycles. The normalized spacial score (nSPS) is 14.6. The summed E-state index contributed by atoms with van der Waals surface area (Å²) in [5, 5.41) is 5.75. The van der Waals surface area contributed by atoms with Gasteiger partial charge in [0.25, 0.3) is 0 Å². The van der Waals surface area contributed by atoms with Gasteiger partial charge in [0.2, 0.25) is 5.91 Å². The number of anilines is 1. The average Bonchev–Trinajstić information content (AvgIpc) is 3.26. The number of thiazole rings is 1. The summed E-state index contributed by atoms with van der Waals surface area (Å²) in [6, 6.07) is 16.6. The van der Waals surface area contributed by atoms with E-state index < -0.39 is 0 Å². The van der Waals surface area contributed by atoms with Crippen LogP contribution in [0.5, 0.6) is 0 Å². The predicted molar refractivity (Wildman–Crippen MR) is 135 cm³/mol. The maximum absolute atomic E-state index is 12.9. The maximum Gasteiger partial charge on any atom is 0.227 e. The maximum atomic E-state index is 12.9. The third-order valence-corrected chi connectivity index (χ3v) is 7.43. The van der Waals surface area contributed by atoms with E-state index in [1.807, 2.05) is 16.5 Å². The second-order valence-corrected chi connectivity index (χ2v) is 9.85. The van der Waals surface area contributed by atoms with E-state index in [1.54, 1.807) is 11.3 Å². The minimum Gasteiger partial charge on any atom is -0.346 e. The summed E-state index contributed by atoms with van der Waals surface area (Å²) in [5.41, 5.74) is 6.44. The number of amides is 1. The second kappa shape index (κ2) is 8.98. The molecule has 0 atom stereocenters. The Balaban J connectivity index is 1.32. The zero-order chi connectivity index (χ0) is 22.9. The topological polar surface area (TPSA) is 54.3 Å². The molecule has 5 rings (SSSR count). The van der Waals surface area contributed by atoms with Gasteiger partial charge >= 0.3 is 0 Å². The van der Waals surface area contributed by atoms with Crippen molar-refractivity contribution < 1.29 is 4.79 Å². The molecule has 7 heteroatoms. The first kappa shape index (κ1) is 21.6. The molecule has 0 saturated carbocycles. The Morgan fingerprint density at radius 3 is 2.58 bits per heavy atom. The van der Waals surface area contributed by atoms with Crippen molar-refractivity contribution in [2.75, 3.05) is 31.1 Å². The summed E-state index contributed by atoms with van der Waals surface area (Å²) in [5.74, 6) is 0.205. The van der Waals surface area contributed by atoms with Gasteiger partial charge in [0.15, 0.2) is 10.8 Å². The third-order valence-electron chi connectivity index (χ3n) is 6.22. The lowest BCUT2D eigenvalue weighted by atomic mass is 10.1. The standard InChI is InChI=1S/C26H29N5OS/c1-18-8-10-21(11-9-18)17-23(32)29-12-5-13-30(15-14-29)26-27-25-24(33-26)20(3)28-31(25)22-7-4-6-19(2)16-22/h4,6-11,16H,5,12-15,17H2,1-3H3. The molecule has 0 spiro atoms. The Hall–Kier alpha value is -3.19. The van der Waals surface area contributed by atoms with Gasteiger partial charge in [-0.15, -0.1) is 0 Å². The Kier molecular flexibility index (Phi) is 5.89. The molecule has 0 N–H and O–H groups in total. The van der Waals surface area contributed by atoms with E-state index in [-0.39, 0.29) is 5.91 Å². The largest absolute Gasteiger partial charge is 0.346 e. The van der Waals surface area contributed by atoms with E-state index in [4.69, 9.17) is 10.1 Å². The van der Waals surface area contributed by atoms with E-state index in [2.05, 4.69) is 67.3 Å². The number of hydrogen-bond donors (Lipinski definition) is 0. The van der Waals surface area contributed by atoms with Crippen LogP contribution >= 0.6 is 11.3 Å². The minimum atomic E-state index is 0.205. The molecule has 33 heavy (non-hydrogen) atoms. The van der Waals surface area contributed by atoms with E-state index in [9.17, 15) is 4.79 Å². The molecule has 6 nitrogen and oxygen atoms in total. The first-order valence-electron chi connectivity index (χ1n) is 11.5. The molecule has 0 aliphatic carbocycles. The molecular formula is C26H29N5OS. The Morgan fingerprint density at radius 2 is 1.79 bits per heavy atom. The molecule has 3 heterocycles. The van der Waals surface area contributed by atoms with Crippen LogP contribution in [0.3, 0.4) is 0 Å². The molecule has 170 valence electrons. The van der Waals surface area contributed by atoms with Gasteiger partial charge in [-0.05, 0) is 50.5 Å². The van der Waals surface area contributed by atoms with Crippen LogP contribution in [-0.2, 0) is 11.2 Å². The second-order valence-electron chi connectivity index (χ2n) is 8.87. The summed E-state index contributed by atoms with van der Waals surface area (Å²) in [6.07, 6.45) is 1.41. The number of nitrogens with zero attached hydrogens (tertiary/aromatic N) is 5. The Bertz CT molecular complexity index is 1290. The van der Waals surface area contributed by atoms with Gasteiger partial charge in [-0.2, -0.15) is 10.1 Å². The van der Waals surface area contributed by atoms with Gasteiger partial charge in [-0.1, -0.05) is 53.3 Å².